The Labute approximate surface area is 369 Å². The zero-order valence-corrected chi connectivity index (χ0v) is 35.5. The zero-order chi connectivity index (χ0) is 42.5. The maximum atomic E-state index is 6.83. The highest BCUT2D eigenvalue weighted by Gasteiger charge is 2.37. The highest BCUT2D eigenvalue weighted by Crippen LogP contribution is 2.52. The Bertz CT molecular complexity index is 3430. The quantitative estimate of drug-likeness (QED) is 0.0706. The Kier molecular flexibility index (Phi) is 9.43. The third kappa shape index (κ3) is 6.54. The van der Waals surface area contributed by atoms with E-state index in [4.69, 9.17) is 10.7 Å². The zero-order valence-electron chi connectivity index (χ0n) is 35.5. The van der Waals surface area contributed by atoms with Crippen LogP contribution in [0.1, 0.15) is 41.7 Å². The molecule has 0 atom stereocenters. The van der Waals surface area contributed by atoms with Crippen molar-refractivity contribution >= 4 is 43.9 Å². The average molecular weight is 807 g/mol. The molecular formula is C61H46N2. The van der Waals surface area contributed by atoms with Crippen LogP contribution >= 0.6 is 0 Å². The van der Waals surface area contributed by atoms with E-state index in [1.807, 2.05) is 30.3 Å². The van der Waals surface area contributed by atoms with Gasteiger partial charge >= 0.3 is 0 Å². The van der Waals surface area contributed by atoms with E-state index >= 15 is 0 Å². The van der Waals surface area contributed by atoms with Gasteiger partial charge < -0.3 is 5.73 Å². The van der Waals surface area contributed by atoms with E-state index in [-0.39, 0.29) is 5.41 Å². The van der Waals surface area contributed by atoms with Gasteiger partial charge in [0.15, 0.2) is 0 Å². The number of amidine groups is 1. The Morgan fingerprint density at radius 1 is 0.460 bits per heavy atom. The number of hydrogen-bond acceptors (Lipinski definition) is 1. The number of hydrogen-bond donors (Lipinski definition) is 1. The van der Waals surface area contributed by atoms with Crippen molar-refractivity contribution in [3.8, 4) is 44.5 Å². The first-order chi connectivity index (χ1) is 31.0. The van der Waals surface area contributed by atoms with Crippen molar-refractivity contribution in [2.24, 2.45) is 10.7 Å². The van der Waals surface area contributed by atoms with E-state index in [1.54, 1.807) is 0 Å². The molecule has 0 spiro atoms. The van der Waals surface area contributed by atoms with Crippen LogP contribution in [0.3, 0.4) is 0 Å². The predicted octanol–water partition coefficient (Wildman–Crippen LogP) is 15.4. The Balaban J connectivity index is 1.05. The Morgan fingerprint density at radius 2 is 1.03 bits per heavy atom. The summed E-state index contributed by atoms with van der Waals surface area (Å²) in [6.45, 7) is 4.72. The molecule has 0 heterocycles. The third-order valence-electron chi connectivity index (χ3n) is 13.2. The minimum absolute atomic E-state index is 0.127. The fourth-order valence-electron chi connectivity index (χ4n) is 10.2. The van der Waals surface area contributed by atoms with Gasteiger partial charge in [0.05, 0.1) is 5.70 Å². The summed E-state index contributed by atoms with van der Waals surface area (Å²) < 4.78 is 0. The fourth-order valence-corrected chi connectivity index (χ4v) is 10.2. The van der Waals surface area contributed by atoms with Crippen molar-refractivity contribution in [3.63, 3.8) is 0 Å². The molecule has 2 nitrogen and oxygen atoms in total. The van der Waals surface area contributed by atoms with Gasteiger partial charge in [-0.3, -0.25) is 0 Å². The number of rotatable bonds is 8. The molecular weight excluding hydrogens is 761 g/mol. The summed E-state index contributed by atoms with van der Waals surface area (Å²) in [5, 5.41) is 7.44. The van der Waals surface area contributed by atoms with Gasteiger partial charge in [-0.25, -0.2) is 4.99 Å². The van der Waals surface area contributed by atoms with Crippen LogP contribution in [0.4, 0.5) is 0 Å². The molecule has 0 radical (unpaired) electrons. The lowest BCUT2D eigenvalue weighted by Gasteiger charge is -2.25. The average Bonchev–Trinajstić information content (AvgIpc) is 3.58. The van der Waals surface area contributed by atoms with E-state index in [1.165, 1.54) is 88.0 Å². The molecule has 63 heavy (non-hydrogen) atoms. The molecule has 1 aliphatic rings. The molecule has 300 valence electrons. The van der Waals surface area contributed by atoms with Crippen LogP contribution < -0.4 is 5.73 Å². The molecule has 2 heteroatoms. The van der Waals surface area contributed by atoms with E-state index in [0.717, 1.165) is 22.4 Å². The molecule has 0 aromatic heterocycles. The summed E-state index contributed by atoms with van der Waals surface area (Å²) in [7, 11) is 0. The number of fused-ring (bicyclic) bond motifs is 7. The van der Waals surface area contributed by atoms with Gasteiger partial charge in [0.1, 0.15) is 5.84 Å². The summed E-state index contributed by atoms with van der Waals surface area (Å²) in [5.41, 5.74) is 23.5. The molecule has 0 saturated heterocycles. The smallest absolute Gasteiger partial charge is 0.131 e. The van der Waals surface area contributed by atoms with Crippen molar-refractivity contribution in [3.05, 3.63) is 246 Å². The van der Waals surface area contributed by atoms with Crippen molar-refractivity contribution in [1.82, 2.24) is 0 Å². The van der Waals surface area contributed by atoms with E-state index < -0.39 is 0 Å². The number of benzene rings is 10. The molecule has 11 rings (SSSR count). The van der Waals surface area contributed by atoms with Crippen LogP contribution in [0.5, 0.6) is 0 Å². The minimum atomic E-state index is -0.127. The highest BCUT2D eigenvalue weighted by atomic mass is 14.9. The summed E-state index contributed by atoms with van der Waals surface area (Å²) in [5.74, 6) is 0.486. The molecule has 0 fully saturated rings. The van der Waals surface area contributed by atoms with E-state index in [9.17, 15) is 0 Å². The normalized spacial score (nSPS) is 13.4. The van der Waals surface area contributed by atoms with Crippen LogP contribution in [-0.2, 0) is 11.8 Å². The lowest BCUT2D eigenvalue weighted by atomic mass is 9.78. The molecule has 10 aromatic rings. The first kappa shape index (κ1) is 38.1. The van der Waals surface area contributed by atoms with Crippen LogP contribution in [0.2, 0.25) is 0 Å². The van der Waals surface area contributed by atoms with Crippen molar-refractivity contribution in [2.75, 3.05) is 0 Å². The molecule has 10 aromatic carbocycles. The molecule has 0 amide bonds. The van der Waals surface area contributed by atoms with Gasteiger partial charge in [0.25, 0.3) is 0 Å². The molecule has 0 aliphatic heterocycles. The second kappa shape index (κ2) is 15.6. The highest BCUT2D eigenvalue weighted by molar-refractivity contribution is 6.27. The molecule has 1 aliphatic carbocycles. The van der Waals surface area contributed by atoms with Crippen LogP contribution in [0, 0.1) is 0 Å². The number of nitrogens with two attached hydrogens (primary N) is 1. The van der Waals surface area contributed by atoms with Crippen LogP contribution in [0.15, 0.2) is 223 Å². The Hall–Kier alpha value is -7.81. The molecule has 0 unspecified atom stereocenters. The molecule has 0 saturated carbocycles. The third-order valence-corrected chi connectivity index (χ3v) is 13.2. The fraction of sp³-hybridized carbons (Fsp3) is 0.0656. The summed E-state index contributed by atoms with van der Waals surface area (Å²) in [4.78, 5) is 5.19. The lowest BCUT2D eigenvalue weighted by Crippen LogP contribution is -2.16. The van der Waals surface area contributed by atoms with Gasteiger partial charge in [-0.2, -0.15) is 0 Å². The molecule has 0 bridgehead atoms. The van der Waals surface area contributed by atoms with Crippen molar-refractivity contribution in [1.29, 1.82) is 0 Å². The van der Waals surface area contributed by atoms with Crippen LogP contribution in [-0.4, -0.2) is 5.84 Å². The number of allylic oxidation sites excluding steroid dienone is 1. The number of aliphatic imine (C=N–C) groups is 1. The Morgan fingerprint density at radius 3 is 1.79 bits per heavy atom. The van der Waals surface area contributed by atoms with Gasteiger partial charge in [-0.05, 0) is 105 Å². The lowest BCUT2D eigenvalue weighted by molar-refractivity contribution is 0.662. The minimum Gasteiger partial charge on any atom is -0.383 e. The van der Waals surface area contributed by atoms with Gasteiger partial charge in [-0.15, -0.1) is 0 Å². The van der Waals surface area contributed by atoms with Gasteiger partial charge in [0.2, 0.25) is 0 Å². The topological polar surface area (TPSA) is 38.4 Å². The van der Waals surface area contributed by atoms with Crippen molar-refractivity contribution < 1.29 is 0 Å². The van der Waals surface area contributed by atoms with Crippen LogP contribution in [0.25, 0.3) is 82.5 Å². The summed E-state index contributed by atoms with van der Waals surface area (Å²) in [6, 6.07) is 76.5. The molecule has 2 N–H and O–H groups in total. The first-order valence-corrected chi connectivity index (χ1v) is 21.9. The van der Waals surface area contributed by atoms with Gasteiger partial charge in [0, 0.05) is 11.0 Å². The standard InChI is InChI=1S/C61H46N2/c1-61(2)54-31-16-15-26-48(54)52-30-17-29-51(59(52)61)46-24-11-9-18-40(46)37-39-55(63-60(62)45-22-7-4-8-23-45)42-32-34-44(35-33-42)57-50-28-14-13-27-49(50)56(43-20-5-3-6-21-43)53-38-36-41-19-10-12-25-47(41)58(53)57/h3-36,38-39H,37H2,1-2H3,(H2,62,63)/b55-39-. The summed E-state index contributed by atoms with van der Waals surface area (Å²) >= 11 is 0. The second-order valence-electron chi connectivity index (χ2n) is 17.2. The predicted molar refractivity (Wildman–Crippen MR) is 268 cm³/mol. The second-order valence-corrected chi connectivity index (χ2v) is 17.2. The monoisotopic (exact) mass is 806 g/mol. The summed E-state index contributed by atoms with van der Waals surface area (Å²) in [6.07, 6.45) is 2.93. The number of nitrogens with zero attached hydrogens (tertiary/aromatic N) is 1. The maximum Gasteiger partial charge on any atom is 0.131 e. The SMILES string of the molecule is CC1(C)c2ccccc2-c2cccc(-c3ccccc3C/C=C(\N=C(N)c3ccccc3)c3ccc(-c4c5ccccc5c(-c5ccccc5)c5ccc6ccccc6c45)cc3)c21. The first-order valence-electron chi connectivity index (χ1n) is 21.9. The largest absolute Gasteiger partial charge is 0.383 e. The maximum absolute atomic E-state index is 6.83. The van der Waals surface area contributed by atoms with E-state index in [0.29, 0.717) is 12.3 Å². The van der Waals surface area contributed by atoms with E-state index in [2.05, 4.69) is 202 Å². The van der Waals surface area contributed by atoms with Crippen molar-refractivity contribution in [2.45, 2.75) is 25.7 Å². The van der Waals surface area contributed by atoms with Gasteiger partial charge in [-0.1, -0.05) is 232 Å².